The van der Waals surface area contributed by atoms with Gasteiger partial charge in [0.25, 0.3) is 0 Å². The van der Waals surface area contributed by atoms with Gasteiger partial charge in [-0.25, -0.2) is 13.6 Å². The number of carbonyl (C=O) groups excluding carboxylic acids is 1. The summed E-state index contributed by atoms with van der Waals surface area (Å²) in [5.41, 5.74) is 0.0150. The zero-order valence-corrected chi connectivity index (χ0v) is 11.6. The highest BCUT2D eigenvalue weighted by Crippen LogP contribution is 2.17. The molecule has 3 nitrogen and oxygen atoms in total. The standard InChI is InChI=1S/C15H20F2N2O/c1-10(9-12-13(16)7-4-8-14(12)17)18-15(20)19-11-5-2-3-6-11/h4,7-8,10-11H,2-3,5-6,9H2,1H3,(H2,18,19,20). The second-order valence-electron chi connectivity index (χ2n) is 5.40. The molecule has 0 aliphatic heterocycles. The molecule has 1 aliphatic carbocycles. The van der Waals surface area contributed by atoms with E-state index in [9.17, 15) is 13.6 Å². The maximum Gasteiger partial charge on any atom is 0.315 e. The van der Waals surface area contributed by atoms with Crippen molar-refractivity contribution in [2.45, 2.75) is 51.1 Å². The summed E-state index contributed by atoms with van der Waals surface area (Å²) >= 11 is 0. The number of halogens is 2. The van der Waals surface area contributed by atoms with Crippen LogP contribution in [0.3, 0.4) is 0 Å². The van der Waals surface area contributed by atoms with Crippen molar-refractivity contribution in [2.24, 2.45) is 0 Å². The van der Waals surface area contributed by atoms with Crippen molar-refractivity contribution in [3.63, 3.8) is 0 Å². The second kappa shape index (κ2) is 6.68. The number of benzene rings is 1. The highest BCUT2D eigenvalue weighted by molar-refractivity contribution is 5.74. The monoisotopic (exact) mass is 282 g/mol. The first-order chi connectivity index (χ1) is 9.56. The van der Waals surface area contributed by atoms with Gasteiger partial charge in [0.05, 0.1) is 0 Å². The van der Waals surface area contributed by atoms with Crippen LogP contribution < -0.4 is 10.6 Å². The van der Waals surface area contributed by atoms with Gasteiger partial charge in [0.15, 0.2) is 0 Å². The van der Waals surface area contributed by atoms with Crippen molar-refractivity contribution < 1.29 is 13.6 Å². The number of carbonyl (C=O) groups is 1. The molecule has 1 atom stereocenters. The number of amides is 2. The van der Waals surface area contributed by atoms with E-state index in [4.69, 9.17) is 0 Å². The number of rotatable bonds is 4. The maximum absolute atomic E-state index is 13.5. The van der Waals surface area contributed by atoms with Gasteiger partial charge in [0.2, 0.25) is 0 Å². The molecule has 1 aromatic carbocycles. The van der Waals surface area contributed by atoms with Crippen LogP contribution in [0.1, 0.15) is 38.2 Å². The Labute approximate surface area is 117 Å². The molecule has 0 aromatic heterocycles. The fraction of sp³-hybridized carbons (Fsp3) is 0.533. The lowest BCUT2D eigenvalue weighted by atomic mass is 10.1. The van der Waals surface area contributed by atoms with Gasteiger partial charge in [0.1, 0.15) is 11.6 Å². The predicted octanol–water partition coefficient (Wildman–Crippen LogP) is 3.14. The number of urea groups is 1. The first-order valence-corrected chi connectivity index (χ1v) is 7.06. The van der Waals surface area contributed by atoms with Gasteiger partial charge in [-0.1, -0.05) is 18.9 Å². The van der Waals surface area contributed by atoms with Crippen molar-refractivity contribution >= 4 is 6.03 Å². The molecule has 2 amide bonds. The molecular formula is C15H20F2N2O. The minimum Gasteiger partial charge on any atom is -0.335 e. The zero-order valence-electron chi connectivity index (χ0n) is 11.6. The quantitative estimate of drug-likeness (QED) is 0.875. The van der Waals surface area contributed by atoms with E-state index >= 15 is 0 Å². The van der Waals surface area contributed by atoms with Crippen molar-refractivity contribution in [1.29, 1.82) is 0 Å². The summed E-state index contributed by atoms with van der Waals surface area (Å²) < 4.78 is 27.0. The highest BCUT2D eigenvalue weighted by Gasteiger charge is 2.19. The summed E-state index contributed by atoms with van der Waals surface area (Å²) in [5.74, 6) is -1.15. The lowest BCUT2D eigenvalue weighted by Crippen LogP contribution is -2.45. The van der Waals surface area contributed by atoms with E-state index < -0.39 is 11.6 Å². The van der Waals surface area contributed by atoms with Crippen LogP contribution in [0.5, 0.6) is 0 Å². The summed E-state index contributed by atoms with van der Waals surface area (Å²) in [6, 6.07) is 3.42. The molecule has 20 heavy (non-hydrogen) atoms. The van der Waals surface area contributed by atoms with Crippen LogP contribution in [0.25, 0.3) is 0 Å². The molecule has 1 unspecified atom stereocenters. The third-order valence-electron chi connectivity index (χ3n) is 3.64. The van der Waals surface area contributed by atoms with Crippen molar-refractivity contribution in [3.05, 3.63) is 35.4 Å². The van der Waals surface area contributed by atoms with Crippen LogP contribution in [-0.4, -0.2) is 18.1 Å². The van der Waals surface area contributed by atoms with Crippen molar-refractivity contribution in [2.75, 3.05) is 0 Å². The van der Waals surface area contributed by atoms with Gasteiger partial charge in [0, 0.05) is 17.6 Å². The third-order valence-corrected chi connectivity index (χ3v) is 3.64. The van der Waals surface area contributed by atoms with Gasteiger partial charge in [-0.05, 0) is 38.3 Å². The Morgan fingerprint density at radius 1 is 1.30 bits per heavy atom. The van der Waals surface area contributed by atoms with Crippen LogP contribution in [0.2, 0.25) is 0 Å². The van der Waals surface area contributed by atoms with Crippen LogP contribution in [0, 0.1) is 11.6 Å². The molecule has 110 valence electrons. The molecule has 1 aromatic rings. The van der Waals surface area contributed by atoms with Gasteiger partial charge >= 0.3 is 6.03 Å². The van der Waals surface area contributed by atoms with Crippen LogP contribution in [0.4, 0.5) is 13.6 Å². The Balaban J connectivity index is 1.85. The van der Waals surface area contributed by atoms with Gasteiger partial charge in [-0.3, -0.25) is 0 Å². The van der Waals surface area contributed by atoms with Crippen molar-refractivity contribution in [1.82, 2.24) is 10.6 Å². The second-order valence-corrected chi connectivity index (χ2v) is 5.40. The van der Waals surface area contributed by atoms with Crippen LogP contribution in [0.15, 0.2) is 18.2 Å². The average Bonchev–Trinajstić information content (AvgIpc) is 2.86. The van der Waals surface area contributed by atoms with Gasteiger partial charge in [-0.15, -0.1) is 0 Å². The zero-order chi connectivity index (χ0) is 14.5. The number of hydrogen-bond donors (Lipinski definition) is 2. The maximum atomic E-state index is 13.5. The van der Waals surface area contributed by atoms with Gasteiger partial charge < -0.3 is 10.6 Å². The smallest absolute Gasteiger partial charge is 0.315 e. The molecule has 1 saturated carbocycles. The molecule has 0 heterocycles. The summed E-state index contributed by atoms with van der Waals surface area (Å²) in [5, 5.41) is 5.61. The first kappa shape index (κ1) is 14.8. The molecule has 1 aliphatic rings. The number of hydrogen-bond acceptors (Lipinski definition) is 1. The van der Waals surface area contributed by atoms with Crippen LogP contribution in [-0.2, 0) is 6.42 Å². The molecule has 5 heteroatoms. The van der Waals surface area contributed by atoms with E-state index in [-0.39, 0.29) is 30.1 Å². The van der Waals surface area contributed by atoms with E-state index in [0.717, 1.165) is 25.7 Å². The molecule has 1 fully saturated rings. The van der Waals surface area contributed by atoms with E-state index in [2.05, 4.69) is 10.6 Å². The van der Waals surface area contributed by atoms with E-state index in [1.807, 2.05) is 0 Å². The normalized spacial score (nSPS) is 16.9. The minimum absolute atomic E-state index is 0.0150. The molecule has 0 radical (unpaired) electrons. The SMILES string of the molecule is CC(Cc1c(F)cccc1F)NC(=O)NC1CCCC1. The molecule has 2 N–H and O–H groups in total. The lowest BCUT2D eigenvalue weighted by Gasteiger charge is -2.18. The summed E-state index contributed by atoms with van der Waals surface area (Å²) in [4.78, 5) is 11.8. The fourth-order valence-corrected chi connectivity index (χ4v) is 2.61. The molecule has 0 bridgehead atoms. The highest BCUT2D eigenvalue weighted by atomic mass is 19.1. The molecular weight excluding hydrogens is 262 g/mol. The van der Waals surface area contributed by atoms with Crippen LogP contribution >= 0.6 is 0 Å². The van der Waals surface area contributed by atoms with E-state index in [0.29, 0.717) is 0 Å². The topological polar surface area (TPSA) is 41.1 Å². The largest absolute Gasteiger partial charge is 0.335 e. The molecule has 2 rings (SSSR count). The number of nitrogens with one attached hydrogen (secondary N) is 2. The third kappa shape index (κ3) is 3.92. The fourth-order valence-electron chi connectivity index (χ4n) is 2.61. The Hall–Kier alpha value is -1.65. The molecule has 0 spiro atoms. The summed E-state index contributed by atoms with van der Waals surface area (Å²) in [7, 11) is 0. The minimum atomic E-state index is -0.574. The average molecular weight is 282 g/mol. The lowest BCUT2D eigenvalue weighted by molar-refractivity contribution is 0.233. The summed E-state index contributed by atoms with van der Waals surface area (Å²) in [6.07, 6.45) is 4.42. The summed E-state index contributed by atoms with van der Waals surface area (Å²) in [6.45, 7) is 1.74. The Morgan fingerprint density at radius 2 is 1.90 bits per heavy atom. The Bertz CT molecular complexity index is 453. The van der Waals surface area contributed by atoms with Gasteiger partial charge in [-0.2, -0.15) is 0 Å². The Kier molecular flexibility index (Phi) is 4.93. The predicted molar refractivity (Wildman–Crippen MR) is 73.4 cm³/mol. The van der Waals surface area contributed by atoms with E-state index in [1.54, 1.807) is 6.92 Å². The van der Waals surface area contributed by atoms with E-state index in [1.165, 1.54) is 18.2 Å². The molecule has 0 saturated heterocycles. The Morgan fingerprint density at radius 3 is 2.50 bits per heavy atom. The first-order valence-electron chi connectivity index (χ1n) is 7.06. The van der Waals surface area contributed by atoms with Crippen molar-refractivity contribution in [3.8, 4) is 0 Å².